The molecule has 0 aromatic heterocycles. The molecule has 1 aromatic carbocycles. The van der Waals surface area contributed by atoms with E-state index in [1.165, 1.54) is 0 Å². The van der Waals surface area contributed by atoms with Gasteiger partial charge in [0.2, 0.25) is 5.91 Å². The van der Waals surface area contributed by atoms with E-state index < -0.39 is 0 Å². The summed E-state index contributed by atoms with van der Waals surface area (Å²) in [5, 5.41) is 12.4. The first-order valence-corrected chi connectivity index (χ1v) is 8.70. The molecule has 1 atom stereocenters. The lowest BCUT2D eigenvalue weighted by molar-refractivity contribution is -0.118. The standard InChI is InChI=1S/C17H24N2O2S/c1-2-11-22-16-9-4-3-8-15(16)18-17(21)12-19-10-6-5-7-14(19)13-20/h2-4,8-9,14,20H,1,5-7,10-13H2,(H,18,21). The lowest BCUT2D eigenvalue weighted by Gasteiger charge is -2.33. The third-order valence-electron chi connectivity index (χ3n) is 3.82. The van der Waals surface area contributed by atoms with Crippen molar-refractivity contribution < 1.29 is 9.90 Å². The summed E-state index contributed by atoms with van der Waals surface area (Å²) in [6, 6.07) is 7.92. The van der Waals surface area contributed by atoms with E-state index in [2.05, 4.69) is 16.8 Å². The first-order chi connectivity index (χ1) is 10.7. The monoisotopic (exact) mass is 320 g/mol. The number of aliphatic hydroxyl groups excluding tert-OH is 1. The molecule has 1 aliphatic rings. The van der Waals surface area contributed by atoms with Gasteiger partial charge in [-0.05, 0) is 31.5 Å². The average Bonchev–Trinajstić information content (AvgIpc) is 2.54. The van der Waals surface area contributed by atoms with Crippen LogP contribution in [0.15, 0.2) is 41.8 Å². The topological polar surface area (TPSA) is 52.6 Å². The number of hydrogen-bond acceptors (Lipinski definition) is 4. The van der Waals surface area contributed by atoms with Crippen LogP contribution in [0, 0.1) is 0 Å². The number of likely N-dealkylation sites (tertiary alicyclic amines) is 1. The van der Waals surface area contributed by atoms with Crippen LogP contribution in [0.5, 0.6) is 0 Å². The van der Waals surface area contributed by atoms with Gasteiger partial charge in [-0.15, -0.1) is 18.3 Å². The number of nitrogens with zero attached hydrogens (tertiary/aromatic N) is 1. The summed E-state index contributed by atoms with van der Waals surface area (Å²) in [7, 11) is 0. The predicted octanol–water partition coefficient (Wildman–Crippen LogP) is 2.75. The number of nitrogens with one attached hydrogen (secondary N) is 1. The summed E-state index contributed by atoms with van der Waals surface area (Å²) < 4.78 is 0. The van der Waals surface area contributed by atoms with Gasteiger partial charge in [0.05, 0.1) is 18.8 Å². The van der Waals surface area contributed by atoms with Crippen molar-refractivity contribution >= 4 is 23.4 Å². The van der Waals surface area contributed by atoms with E-state index in [4.69, 9.17) is 0 Å². The quantitative estimate of drug-likeness (QED) is 0.599. The SMILES string of the molecule is C=CCSc1ccccc1NC(=O)CN1CCCCC1CO. The zero-order valence-electron chi connectivity index (χ0n) is 12.8. The van der Waals surface area contributed by atoms with Gasteiger partial charge >= 0.3 is 0 Å². The fraction of sp³-hybridized carbons (Fsp3) is 0.471. The van der Waals surface area contributed by atoms with Crippen molar-refractivity contribution in [3.8, 4) is 0 Å². The van der Waals surface area contributed by atoms with Gasteiger partial charge in [0.1, 0.15) is 0 Å². The molecule has 0 saturated carbocycles. The highest BCUT2D eigenvalue weighted by molar-refractivity contribution is 7.99. The molecule has 1 fully saturated rings. The second-order valence-electron chi connectivity index (χ2n) is 5.45. The summed E-state index contributed by atoms with van der Waals surface area (Å²) in [5.41, 5.74) is 0.844. The molecule has 5 heteroatoms. The fourth-order valence-electron chi connectivity index (χ4n) is 2.69. The minimum Gasteiger partial charge on any atom is -0.395 e. The van der Waals surface area contributed by atoms with Crippen LogP contribution in [0.25, 0.3) is 0 Å². The van der Waals surface area contributed by atoms with Crippen molar-refractivity contribution in [2.75, 3.05) is 30.8 Å². The van der Waals surface area contributed by atoms with E-state index >= 15 is 0 Å². The number of benzene rings is 1. The second kappa shape index (κ2) is 8.98. The van der Waals surface area contributed by atoms with Crippen LogP contribution in [0.3, 0.4) is 0 Å². The molecule has 0 radical (unpaired) electrons. The summed E-state index contributed by atoms with van der Waals surface area (Å²) in [5.74, 6) is 0.790. The average molecular weight is 320 g/mol. The zero-order valence-corrected chi connectivity index (χ0v) is 13.6. The Morgan fingerprint density at radius 3 is 3.05 bits per heavy atom. The van der Waals surface area contributed by atoms with Crippen molar-refractivity contribution in [3.63, 3.8) is 0 Å². The molecule has 0 spiro atoms. The smallest absolute Gasteiger partial charge is 0.238 e. The van der Waals surface area contributed by atoms with Crippen LogP contribution in [-0.2, 0) is 4.79 Å². The minimum atomic E-state index is -0.0213. The maximum atomic E-state index is 12.3. The minimum absolute atomic E-state index is 0.0213. The highest BCUT2D eigenvalue weighted by atomic mass is 32.2. The largest absolute Gasteiger partial charge is 0.395 e. The van der Waals surface area contributed by atoms with Crippen molar-refractivity contribution in [1.82, 2.24) is 4.90 Å². The lowest BCUT2D eigenvalue weighted by atomic mass is 10.0. The number of aliphatic hydroxyl groups is 1. The molecule has 1 aliphatic heterocycles. The number of rotatable bonds is 7. The third kappa shape index (κ3) is 4.87. The van der Waals surface area contributed by atoms with Crippen LogP contribution in [-0.4, -0.2) is 47.4 Å². The Labute approximate surface area is 136 Å². The molecule has 1 saturated heterocycles. The number of anilines is 1. The van der Waals surface area contributed by atoms with Crippen LogP contribution >= 0.6 is 11.8 Å². The third-order valence-corrected chi connectivity index (χ3v) is 4.89. The molecule has 1 unspecified atom stereocenters. The predicted molar refractivity (Wildman–Crippen MR) is 92.3 cm³/mol. The zero-order chi connectivity index (χ0) is 15.8. The van der Waals surface area contributed by atoms with E-state index in [0.29, 0.717) is 6.54 Å². The molecule has 120 valence electrons. The maximum absolute atomic E-state index is 12.3. The van der Waals surface area contributed by atoms with Crippen LogP contribution in [0.4, 0.5) is 5.69 Å². The molecular weight excluding hydrogens is 296 g/mol. The van der Waals surface area contributed by atoms with Crippen molar-refractivity contribution in [2.24, 2.45) is 0 Å². The molecule has 2 N–H and O–H groups in total. The molecule has 1 heterocycles. The van der Waals surface area contributed by atoms with Crippen molar-refractivity contribution in [2.45, 2.75) is 30.2 Å². The first-order valence-electron chi connectivity index (χ1n) is 7.72. The highest BCUT2D eigenvalue weighted by Crippen LogP contribution is 2.27. The second-order valence-corrected chi connectivity index (χ2v) is 6.51. The van der Waals surface area contributed by atoms with E-state index in [1.807, 2.05) is 30.3 Å². The van der Waals surface area contributed by atoms with E-state index in [-0.39, 0.29) is 18.6 Å². The fourth-order valence-corrected chi connectivity index (χ4v) is 3.44. The lowest BCUT2D eigenvalue weighted by Crippen LogP contribution is -2.45. The number of hydrogen-bond donors (Lipinski definition) is 2. The number of para-hydroxylation sites is 1. The van der Waals surface area contributed by atoms with Gasteiger partial charge in [0, 0.05) is 16.7 Å². The number of thioether (sulfide) groups is 1. The Kier molecular flexibility index (Phi) is 6.96. The van der Waals surface area contributed by atoms with Gasteiger partial charge in [0.15, 0.2) is 0 Å². The van der Waals surface area contributed by atoms with Crippen molar-refractivity contribution in [3.05, 3.63) is 36.9 Å². The van der Waals surface area contributed by atoms with Gasteiger partial charge in [-0.1, -0.05) is 24.6 Å². The summed E-state index contributed by atoms with van der Waals surface area (Å²) in [6.07, 6.45) is 5.04. The van der Waals surface area contributed by atoms with E-state index in [9.17, 15) is 9.90 Å². The van der Waals surface area contributed by atoms with Crippen molar-refractivity contribution in [1.29, 1.82) is 0 Å². The van der Waals surface area contributed by atoms with E-state index in [0.717, 1.165) is 42.1 Å². The molecule has 4 nitrogen and oxygen atoms in total. The summed E-state index contributed by atoms with van der Waals surface area (Å²) in [6.45, 7) is 5.07. The van der Waals surface area contributed by atoms with Gasteiger partial charge in [0.25, 0.3) is 0 Å². The Bertz CT molecular complexity index is 507. The normalized spacial score (nSPS) is 18.9. The van der Waals surface area contributed by atoms with Crippen LogP contribution in [0.1, 0.15) is 19.3 Å². The summed E-state index contributed by atoms with van der Waals surface area (Å²) in [4.78, 5) is 15.4. The first kappa shape index (κ1) is 17.1. The van der Waals surface area contributed by atoms with Crippen LogP contribution < -0.4 is 5.32 Å². The highest BCUT2D eigenvalue weighted by Gasteiger charge is 2.23. The van der Waals surface area contributed by atoms with Gasteiger partial charge in [-0.25, -0.2) is 0 Å². The number of carbonyl (C=O) groups excluding carboxylic acids is 1. The number of piperidine rings is 1. The Morgan fingerprint density at radius 2 is 2.27 bits per heavy atom. The molecule has 2 rings (SSSR count). The Morgan fingerprint density at radius 1 is 1.45 bits per heavy atom. The molecule has 0 bridgehead atoms. The number of carbonyl (C=O) groups is 1. The Hall–Kier alpha value is -1.30. The molecule has 1 amide bonds. The molecule has 22 heavy (non-hydrogen) atoms. The molecular formula is C17H24N2O2S. The maximum Gasteiger partial charge on any atom is 0.238 e. The molecule has 1 aromatic rings. The van der Waals surface area contributed by atoms with Crippen LogP contribution in [0.2, 0.25) is 0 Å². The summed E-state index contributed by atoms with van der Waals surface area (Å²) >= 11 is 1.65. The van der Waals surface area contributed by atoms with E-state index in [1.54, 1.807) is 11.8 Å². The van der Waals surface area contributed by atoms with Gasteiger partial charge in [-0.2, -0.15) is 0 Å². The number of amides is 1. The molecule has 0 aliphatic carbocycles. The van der Waals surface area contributed by atoms with Gasteiger partial charge < -0.3 is 10.4 Å². The Balaban J connectivity index is 1.95. The van der Waals surface area contributed by atoms with Gasteiger partial charge in [-0.3, -0.25) is 9.69 Å².